The van der Waals surface area contributed by atoms with Gasteiger partial charge in [-0.1, -0.05) is 0 Å². The number of carboxylic acid groups (broad SMARTS) is 1. The topological polar surface area (TPSA) is 91.6 Å². The summed E-state index contributed by atoms with van der Waals surface area (Å²) in [5.41, 5.74) is 0. The number of hydrogen-bond acceptors (Lipinski definition) is 4. The molecular formula is C10H12N2O4. The lowest BCUT2D eigenvalue weighted by Gasteiger charge is -2.09. The Morgan fingerprint density at radius 2 is 2.44 bits per heavy atom. The average Bonchev–Trinajstić information content (AvgIpc) is 2.83. The summed E-state index contributed by atoms with van der Waals surface area (Å²) in [4.78, 5) is 21.5. The van der Waals surface area contributed by atoms with Crippen molar-refractivity contribution in [2.45, 2.75) is 18.9 Å². The van der Waals surface area contributed by atoms with Gasteiger partial charge in [0, 0.05) is 25.1 Å². The van der Waals surface area contributed by atoms with Gasteiger partial charge >= 0.3 is 5.97 Å². The lowest BCUT2D eigenvalue weighted by Crippen LogP contribution is -2.31. The molecule has 0 radical (unpaired) electrons. The van der Waals surface area contributed by atoms with E-state index < -0.39 is 5.97 Å². The highest BCUT2D eigenvalue weighted by Gasteiger charge is 2.20. The molecule has 1 aromatic heterocycles. The van der Waals surface area contributed by atoms with Crippen LogP contribution in [0.2, 0.25) is 0 Å². The molecule has 6 heteroatoms. The minimum Gasteiger partial charge on any atom is -0.475 e. The van der Waals surface area contributed by atoms with Crippen molar-refractivity contribution in [2.24, 2.45) is 0 Å². The predicted octanol–water partition coefficient (Wildman–Crippen LogP) is 0.668. The second kappa shape index (κ2) is 4.26. The van der Waals surface area contributed by atoms with E-state index in [9.17, 15) is 9.59 Å². The van der Waals surface area contributed by atoms with Crippen LogP contribution in [0.5, 0.6) is 0 Å². The molecule has 1 unspecified atom stereocenters. The monoisotopic (exact) mass is 224 g/mol. The third-order valence-electron chi connectivity index (χ3n) is 2.42. The molecule has 3 N–H and O–H groups in total. The van der Waals surface area contributed by atoms with E-state index in [1.54, 1.807) is 6.07 Å². The zero-order chi connectivity index (χ0) is 11.5. The van der Waals surface area contributed by atoms with Gasteiger partial charge < -0.3 is 20.2 Å². The van der Waals surface area contributed by atoms with Crippen LogP contribution in [0.25, 0.3) is 0 Å². The molecule has 6 nitrogen and oxygen atoms in total. The minimum absolute atomic E-state index is 0.0532. The van der Waals surface area contributed by atoms with Crippen LogP contribution in [0, 0.1) is 0 Å². The van der Waals surface area contributed by atoms with E-state index in [2.05, 4.69) is 10.6 Å². The zero-order valence-corrected chi connectivity index (χ0v) is 8.53. The van der Waals surface area contributed by atoms with Crippen molar-refractivity contribution in [3.05, 3.63) is 17.9 Å². The molecule has 0 spiro atoms. The van der Waals surface area contributed by atoms with E-state index in [1.807, 2.05) is 0 Å². The van der Waals surface area contributed by atoms with Crippen molar-refractivity contribution in [2.75, 3.05) is 11.9 Å². The second-order valence-corrected chi connectivity index (χ2v) is 3.65. The summed E-state index contributed by atoms with van der Waals surface area (Å²) in [6, 6.07) is 3.03. The first kappa shape index (κ1) is 10.5. The lowest BCUT2D eigenvalue weighted by atomic mass is 10.2. The number of anilines is 1. The average molecular weight is 224 g/mol. The third-order valence-corrected chi connectivity index (χ3v) is 2.42. The lowest BCUT2D eigenvalue weighted by molar-refractivity contribution is -0.119. The summed E-state index contributed by atoms with van der Waals surface area (Å²) in [5.74, 6) is -0.740. The summed E-state index contributed by atoms with van der Waals surface area (Å²) < 4.78 is 5.01. The number of nitrogens with one attached hydrogen (secondary N) is 2. The molecule has 86 valence electrons. The van der Waals surface area contributed by atoms with Crippen LogP contribution in [0.15, 0.2) is 16.5 Å². The Labute approximate surface area is 91.6 Å². The van der Waals surface area contributed by atoms with Crippen molar-refractivity contribution < 1.29 is 19.1 Å². The molecule has 1 aromatic rings. The number of amides is 1. The Morgan fingerprint density at radius 3 is 3.00 bits per heavy atom. The van der Waals surface area contributed by atoms with Gasteiger partial charge in [0.1, 0.15) is 0 Å². The van der Waals surface area contributed by atoms with Crippen LogP contribution in [0.3, 0.4) is 0 Å². The van der Waals surface area contributed by atoms with Crippen LogP contribution in [-0.2, 0) is 4.79 Å². The molecule has 1 amide bonds. The number of aromatic carboxylic acids is 1. The van der Waals surface area contributed by atoms with Crippen molar-refractivity contribution in [3.8, 4) is 0 Å². The highest BCUT2D eigenvalue weighted by molar-refractivity contribution is 5.84. The normalized spacial score (nSPS) is 19.5. The summed E-state index contributed by atoms with van der Waals surface area (Å²) in [5, 5.41) is 14.4. The first-order valence-electron chi connectivity index (χ1n) is 5.01. The van der Waals surface area contributed by atoms with Gasteiger partial charge in [0.25, 0.3) is 0 Å². The van der Waals surface area contributed by atoms with Crippen molar-refractivity contribution >= 4 is 17.8 Å². The third kappa shape index (κ3) is 2.33. The van der Waals surface area contributed by atoms with E-state index >= 15 is 0 Å². The van der Waals surface area contributed by atoms with Gasteiger partial charge in [-0.3, -0.25) is 4.79 Å². The zero-order valence-electron chi connectivity index (χ0n) is 8.53. The van der Waals surface area contributed by atoms with Crippen molar-refractivity contribution in [1.82, 2.24) is 5.32 Å². The van der Waals surface area contributed by atoms with E-state index in [4.69, 9.17) is 9.52 Å². The van der Waals surface area contributed by atoms with Gasteiger partial charge in [0.15, 0.2) is 5.88 Å². The Bertz CT molecular complexity index is 413. The van der Waals surface area contributed by atoms with Gasteiger partial charge in [-0.25, -0.2) is 4.79 Å². The fraction of sp³-hybridized carbons (Fsp3) is 0.400. The maximum atomic E-state index is 10.9. The Kier molecular flexibility index (Phi) is 2.80. The highest BCUT2D eigenvalue weighted by Crippen LogP contribution is 2.14. The first-order chi connectivity index (χ1) is 7.65. The van der Waals surface area contributed by atoms with Gasteiger partial charge in [-0.2, -0.15) is 0 Å². The van der Waals surface area contributed by atoms with Crippen LogP contribution in [-0.4, -0.2) is 29.6 Å². The molecule has 0 aliphatic carbocycles. The van der Waals surface area contributed by atoms with E-state index in [0.29, 0.717) is 18.8 Å². The largest absolute Gasteiger partial charge is 0.475 e. The van der Waals surface area contributed by atoms with Crippen LogP contribution >= 0.6 is 0 Å². The number of furan rings is 1. The number of carboxylic acids is 1. The molecule has 2 heterocycles. The maximum Gasteiger partial charge on any atom is 0.371 e. The van der Waals surface area contributed by atoms with Crippen molar-refractivity contribution in [1.29, 1.82) is 0 Å². The molecule has 1 aliphatic rings. The van der Waals surface area contributed by atoms with Gasteiger partial charge in [-0.15, -0.1) is 0 Å². The minimum atomic E-state index is -1.10. The Balaban J connectivity index is 1.85. The highest BCUT2D eigenvalue weighted by atomic mass is 16.4. The number of hydrogen-bond donors (Lipinski definition) is 3. The predicted molar refractivity (Wildman–Crippen MR) is 55.3 cm³/mol. The van der Waals surface area contributed by atoms with Gasteiger partial charge in [0.2, 0.25) is 11.7 Å². The van der Waals surface area contributed by atoms with Crippen molar-refractivity contribution in [3.63, 3.8) is 0 Å². The summed E-state index contributed by atoms with van der Waals surface area (Å²) in [6.45, 7) is 0.540. The molecule has 1 atom stereocenters. The number of rotatable bonds is 4. The summed E-state index contributed by atoms with van der Waals surface area (Å²) in [6.07, 6.45) is 1.34. The molecular weight excluding hydrogens is 212 g/mol. The molecule has 16 heavy (non-hydrogen) atoms. The van der Waals surface area contributed by atoms with Crippen LogP contribution < -0.4 is 10.6 Å². The SMILES string of the molecule is O=C1CCC(CNc2ccc(C(=O)O)o2)N1. The van der Waals surface area contributed by atoms with E-state index in [-0.39, 0.29) is 17.7 Å². The number of carbonyl (C=O) groups excluding carboxylic acids is 1. The molecule has 0 aromatic carbocycles. The standard InChI is InChI=1S/C10H12N2O4/c13-8-3-1-6(12-8)5-11-9-4-2-7(16-9)10(14)15/h2,4,6,11H,1,3,5H2,(H,12,13)(H,14,15). The Morgan fingerprint density at radius 1 is 1.62 bits per heavy atom. The quantitative estimate of drug-likeness (QED) is 0.699. The second-order valence-electron chi connectivity index (χ2n) is 3.65. The maximum absolute atomic E-state index is 10.9. The van der Waals surface area contributed by atoms with Gasteiger partial charge in [-0.05, 0) is 12.5 Å². The van der Waals surface area contributed by atoms with Gasteiger partial charge in [0.05, 0.1) is 0 Å². The fourth-order valence-electron chi connectivity index (χ4n) is 1.60. The molecule has 1 saturated heterocycles. The van der Waals surface area contributed by atoms with Crippen LogP contribution in [0.4, 0.5) is 5.88 Å². The van der Waals surface area contributed by atoms with E-state index in [1.165, 1.54) is 6.07 Å². The molecule has 2 rings (SSSR count). The molecule has 1 fully saturated rings. The molecule has 1 aliphatic heterocycles. The number of carbonyl (C=O) groups is 2. The first-order valence-corrected chi connectivity index (χ1v) is 5.01. The Hall–Kier alpha value is -1.98. The summed E-state index contributed by atoms with van der Waals surface area (Å²) >= 11 is 0. The van der Waals surface area contributed by atoms with Crippen LogP contribution in [0.1, 0.15) is 23.4 Å². The van der Waals surface area contributed by atoms with E-state index in [0.717, 1.165) is 6.42 Å². The smallest absolute Gasteiger partial charge is 0.371 e. The molecule has 0 bridgehead atoms. The fourth-order valence-corrected chi connectivity index (χ4v) is 1.60. The molecule has 0 saturated carbocycles. The summed E-state index contributed by atoms with van der Waals surface area (Å²) in [7, 11) is 0.